The van der Waals surface area contributed by atoms with Crippen LogP contribution in [-0.2, 0) is 4.74 Å². The van der Waals surface area contributed by atoms with Gasteiger partial charge < -0.3 is 4.74 Å². The van der Waals surface area contributed by atoms with Crippen molar-refractivity contribution in [3.63, 3.8) is 0 Å². The van der Waals surface area contributed by atoms with E-state index in [1.807, 2.05) is 0 Å². The van der Waals surface area contributed by atoms with E-state index in [4.69, 9.17) is 19.0 Å². The van der Waals surface area contributed by atoms with Gasteiger partial charge in [-0.1, -0.05) is 20.3 Å². The van der Waals surface area contributed by atoms with Crippen LogP contribution in [0.1, 0.15) is 39.5 Å². The highest BCUT2D eigenvalue weighted by atomic mass is 16.5. The van der Waals surface area contributed by atoms with Gasteiger partial charge in [0.05, 0.1) is 0 Å². The third-order valence-corrected chi connectivity index (χ3v) is 3.20. The Morgan fingerprint density at radius 2 is 2.31 bits per heavy atom. The average molecular weight is 218 g/mol. The molecule has 0 spiro atoms. The second-order valence-electron chi connectivity index (χ2n) is 4.96. The first-order chi connectivity index (χ1) is 7.52. The predicted octanol–water partition coefficient (Wildman–Crippen LogP) is 2.76. The molecule has 2 nitrogen and oxygen atoms in total. The van der Waals surface area contributed by atoms with Gasteiger partial charge in [0.15, 0.2) is 0 Å². The molecule has 2 unspecified atom stereocenters. The second kappa shape index (κ2) is 5.99. The first kappa shape index (κ1) is 13.2. The van der Waals surface area contributed by atoms with Crippen LogP contribution < -0.4 is 0 Å². The molecule has 0 aromatic heterocycles. The normalized spacial score (nSPS) is 26.6. The lowest BCUT2D eigenvalue weighted by Crippen LogP contribution is -2.06. The molecule has 0 heterocycles. The van der Waals surface area contributed by atoms with Crippen molar-refractivity contribution in [1.82, 2.24) is 0 Å². The fourth-order valence-electron chi connectivity index (χ4n) is 2.11. The van der Waals surface area contributed by atoms with Crippen molar-refractivity contribution < 1.29 is 9.53 Å². The van der Waals surface area contributed by atoms with Gasteiger partial charge in [-0.25, -0.2) is 0 Å². The van der Waals surface area contributed by atoms with Crippen LogP contribution in [0.3, 0.4) is 0 Å². The van der Waals surface area contributed by atoms with Gasteiger partial charge in [0.2, 0.25) is 13.7 Å². The van der Waals surface area contributed by atoms with Crippen LogP contribution >= 0.6 is 0 Å². The number of hydrogen-bond acceptors (Lipinski definition) is 2. The molecule has 1 fully saturated rings. The Hall–Kier alpha value is -0.905. The van der Waals surface area contributed by atoms with Crippen molar-refractivity contribution in [2.45, 2.75) is 45.6 Å². The highest BCUT2D eigenvalue weighted by Gasteiger charge is 2.39. The van der Waals surface area contributed by atoms with Crippen LogP contribution in [0.15, 0.2) is 0 Å². The monoisotopic (exact) mass is 218 g/mol. The van der Waals surface area contributed by atoms with Crippen LogP contribution in [0.5, 0.6) is 0 Å². The van der Waals surface area contributed by atoms with E-state index in [0.717, 1.165) is 25.7 Å². The van der Waals surface area contributed by atoms with Crippen LogP contribution in [0, 0.1) is 30.1 Å². The average Bonchev–Trinajstić information content (AvgIpc) is 2.92. The maximum absolute atomic E-state index is 10.5. The molecule has 0 amide bonds. The molecule has 86 valence electrons. The highest BCUT2D eigenvalue weighted by Crippen LogP contribution is 2.39. The molecule has 16 heavy (non-hydrogen) atoms. The number of ether oxygens (including phenoxy) is 1. The summed E-state index contributed by atoms with van der Waals surface area (Å²) >= 11 is 0. The first-order valence-corrected chi connectivity index (χ1v) is 5.95. The van der Waals surface area contributed by atoms with Crippen molar-refractivity contribution in [3.8, 4) is 12.3 Å². The van der Waals surface area contributed by atoms with Gasteiger partial charge in [-0.15, -0.1) is 12.3 Å². The Kier molecular flexibility index (Phi) is 4.92. The second-order valence-corrected chi connectivity index (χ2v) is 4.96. The molecule has 1 aliphatic carbocycles. The highest BCUT2D eigenvalue weighted by molar-refractivity contribution is 6.55. The fraction of sp³-hybridized carbons (Fsp3) is 0.769. The Morgan fingerprint density at radius 3 is 2.88 bits per heavy atom. The van der Waals surface area contributed by atoms with Crippen molar-refractivity contribution in [2.75, 3.05) is 0 Å². The Balaban J connectivity index is 2.08. The molecule has 0 aliphatic heterocycles. The quantitative estimate of drug-likeness (QED) is 0.506. The fourth-order valence-corrected chi connectivity index (χ4v) is 2.11. The van der Waals surface area contributed by atoms with Crippen LogP contribution in [-0.4, -0.2) is 19.8 Å². The molecule has 4 atom stereocenters. The number of carbonyl (C=O) groups is 1. The van der Waals surface area contributed by atoms with Gasteiger partial charge in [0.25, 0.3) is 0 Å². The summed E-state index contributed by atoms with van der Waals surface area (Å²) in [5.74, 6) is 3.61. The molecule has 1 rings (SSSR count). The van der Waals surface area contributed by atoms with Gasteiger partial charge in [-0.2, -0.15) is 0 Å². The molecule has 0 aromatic carbocycles. The summed E-state index contributed by atoms with van der Waals surface area (Å²) in [4.78, 5) is 10.5. The Labute approximate surface area is 99.5 Å². The lowest BCUT2D eigenvalue weighted by Gasteiger charge is -2.12. The molecule has 0 N–H and O–H groups in total. The lowest BCUT2D eigenvalue weighted by atomic mass is 9.93. The number of carbonyl (C=O) groups excluding carboxylic acids is 1. The van der Waals surface area contributed by atoms with E-state index in [9.17, 15) is 4.79 Å². The molecule has 3 heteroatoms. The zero-order valence-electron chi connectivity index (χ0n) is 10.1. The van der Waals surface area contributed by atoms with Gasteiger partial charge >= 0.3 is 0 Å². The summed E-state index contributed by atoms with van der Waals surface area (Å²) < 4.78 is 4.91. The maximum Gasteiger partial charge on any atom is 0.235 e. The summed E-state index contributed by atoms with van der Waals surface area (Å²) in [6.07, 6.45) is 9.72. The van der Waals surface area contributed by atoms with Gasteiger partial charge in [-0.3, -0.25) is 4.79 Å². The Morgan fingerprint density at radius 1 is 1.62 bits per heavy atom. The van der Waals surface area contributed by atoms with Crippen LogP contribution in [0.4, 0.5) is 4.79 Å². The molecule has 1 aliphatic rings. The molecular weight excluding hydrogens is 199 g/mol. The summed E-state index contributed by atoms with van der Waals surface area (Å²) in [5.41, 5.74) is 0. The molecular formula is C13H19BO2. The van der Waals surface area contributed by atoms with Gasteiger partial charge in [0, 0.05) is 5.92 Å². The summed E-state index contributed by atoms with van der Waals surface area (Å²) in [5, 5.41) is 0. The van der Waals surface area contributed by atoms with E-state index >= 15 is 0 Å². The first-order valence-electron chi connectivity index (χ1n) is 5.95. The van der Waals surface area contributed by atoms with Crippen molar-refractivity contribution in [1.29, 1.82) is 0 Å². The van der Waals surface area contributed by atoms with E-state index in [1.165, 1.54) is 0 Å². The van der Waals surface area contributed by atoms with E-state index < -0.39 is 5.87 Å². The maximum atomic E-state index is 10.5. The number of terminal acetylenes is 1. The smallest absolute Gasteiger partial charge is 0.235 e. The van der Waals surface area contributed by atoms with Gasteiger partial charge in [0.1, 0.15) is 6.10 Å². The number of rotatable bonds is 6. The van der Waals surface area contributed by atoms with Gasteiger partial charge in [-0.05, 0) is 31.1 Å². The third kappa shape index (κ3) is 4.74. The van der Waals surface area contributed by atoms with Crippen molar-refractivity contribution in [2.24, 2.45) is 17.8 Å². The molecule has 2 radical (unpaired) electrons. The molecule has 0 saturated heterocycles. The van der Waals surface area contributed by atoms with E-state index in [1.54, 1.807) is 0 Å². The Bertz CT molecular complexity index is 282. The van der Waals surface area contributed by atoms with Crippen molar-refractivity contribution in [3.05, 3.63) is 0 Å². The number of hydrogen-bond donors (Lipinski definition) is 0. The predicted molar refractivity (Wildman–Crippen MR) is 65.1 cm³/mol. The lowest BCUT2D eigenvalue weighted by molar-refractivity contribution is 0.158. The largest absolute Gasteiger partial charge is 0.471 e. The SMILES string of the molecule is [B]C(=O)O[C@@H]1C[C@H]1CCC(C)CC(C)C#C. The summed E-state index contributed by atoms with van der Waals surface area (Å²) in [6.45, 7) is 4.30. The van der Waals surface area contributed by atoms with E-state index in [0.29, 0.717) is 17.8 Å². The minimum absolute atomic E-state index is 0.0785. The summed E-state index contributed by atoms with van der Waals surface area (Å²) in [6, 6.07) is 0. The molecule has 0 aromatic rings. The zero-order chi connectivity index (χ0) is 12.1. The standard InChI is InChI=1S/C13H19BO2/c1-4-9(2)7-10(3)5-6-11-8-12(11)16-13(14)15/h1,9-12H,5-8H2,2-3H3/t9?,10?,11-,12-/m1/s1. The van der Waals surface area contributed by atoms with E-state index in [-0.39, 0.29) is 6.10 Å². The van der Waals surface area contributed by atoms with E-state index in [2.05, 4.69) is 19.8 Å². The zero-order valence-corrected chi connectivity index (χ0v) is 10.1. The van der Waals surface area contributed by atoms with Crippen LogP contribution in [0.2, 0.25) is 0 Å². The third-order valence-electron chi connectivity index (χ3n) is 3.20. The minimum Gasteiger partial charge on any atom is -0.471 e. The van der Waals surface area contributed by atoms with Crippen LogP contribution in [0.25, 0.3) is 0 Å². The van der Waals surface area contributed by atoms with Crippen molar-refractivity contribution >= 4 is 13.7 Å². The molecule has 0 bridgehead atoms. The minimum atomic E-state index is -0.651. The molecule has 1 saturated carbocycles. The topological polar surface area (TPSA) is 26.3 Å². The summed E-state index contributed by atoms with van der Waals surface area (Å²) in [7, 11) is 4.95.